The van der Waals surface area contributed by atoms with Gasteiger partial charge in [-0.3, -0.25) is 4.99 Å². The van der Waals surface area contributed by atoms with E-state index in [1.807, 2.05) is 0 Å². The molecule has 0 bridgehead atoms. The van der Waals surface area contributed by atoms with Gasteiger partial charge < -0.3 is 25.2 Å². The highest BCUT2D eigenvalue weighted by Gasteiger charge is 2.33. The standard InChI is InChI=1S/C20H41N5O.HI/c1-4-21-19(22-11-14-25-13-7-12-24(2)15-16-25)23-18-20(10-17-26-3)8-5-6-9-20;/h4-18H2,1-3H3,(H2,21,22,23);1H. The first-order valence-electron chi connectivity index (χ1n) is 10.6. The molecule has 1 heterocycles. The summed E-state index contributed by atoms with van der Waals surface area (Å²) in [5.74, 6) is 0.975. The largest absolute Gasteiger partial charge is 0.385 e. The first-order chi connectivity index (χ1) is 12.7. The number of nitrogens with one attached hydrogen (secondary N) is 2. The minimum absolute atomic E-state index is 0. The van der Waals surface area contributed by atoms with Crippen molar-refractivity contribution in [2.45, 2.75) is 45.4 Å². The van der Waals surface area contributed by atoms with Crippen LogP contribution in [-0.4, -0.2) is 88.9 Å². The number of aliphatic imine (C=N–C) groups is 1. The normalized spacial score (nSPS) is 21.5. The second-order valence-electron chi connectivity index (χ2n) is 8.07. The van der Waals surface area contributed by atoms with Crippen LogP contribution in [0, 0.1) is 5.41 Å². The van der Waals surface area contributed by atoms with Crippen LogP contribution < -0.4 is 10.6 Å². The summed E-state index contributed by atoms with van der Waals surface area (Å²) >= 11 is 0. The lowest BCUT2D eigenvalue weighted by Crippen LogP contribution is -2.43. The Bertz CT molecular complexity index is 415. The average molecular weight is 495 g/mol. The van der Waals surface area contributed by atoms with Gasteiger partial charge in [-0.2, -0.15) is 0 Å². The average Bonchev–Trinajstić information content (AvgIpc) is 3.01. The molecule has 1 aliphatic heterocycles. The van der Waals surface area contributed by atoms with Crippen LogP contribution in [0.1, 0.15) is 45.4 Å². The van der Waals surface area contributed by atoms with Crippen LogP contribution in [0.15, 0.2) is 4.99 Å². The van der Waals surface area contributed by atoms with Crippen molar-refractivity contribution in [1.82, 2.24) is 20.4 Å². The molecule has 2 N–H and O–H groups in total. The van der Waals surface area contributed by atoms with Crippen LogP contribution in [0.25, 0.3) is 0 Å². The summed E-state index contributed by atoms with van der Waals surface area (Å²) in [5, 5.41) is 6.97. The molecule has 0 aromatic carbocycles. The van der Waals surface area contributed by atoms with E-state index in [1.54, 1.807) is 7.11 Å². The molecule has 0 unspecified atom stereocenters. The number of guanidine groups is 1. The molecule has 0 spiro atoms. The number of rotatable bonds is 9. The Balaban J connectivity index is 0.00000364. The lowest BCUT2D eigenvalue weighted by molar-refractivity contribution is 0.141. The van der Waals surface area contributed by atoms with Gasteiger partial charge in [0, 0.05) is 53.0 Å². The molecule has 6 nitrogen and oxygen atoms in total. The Morgan fingerprint density at radius 1 is 1.07 bits per heavy atom. The molecule has 2 fully saturated rings. The summed E-state index contributed by atoms with van der Waals surface area (Å²) in [6.07, 6.45) is 7.67. The first kappa shape index (κ1) is 24.9. The van der Waals surface area contributed by atoms with Crippen LogP contribution >= 0.6 is 24.0 Å². The number of likely N-dealkylation sites (N-methyl/N-ethyl adjacent to an activating group) is 1. The van der Waals surface area contributed by atoms with E-state index in [9.17, 15) is 0 Å². The number of hydrogen-bond acceptors (Lipinski definition) is 4. The van der Waals surface area contributed by atoms with Gasteiger partial charge in [-0.1, -0.05) is 12.8 Å². The quantitative estimate of drug-likeness (QED) is 0.292. The molecule has 0 atom stereocenters. The molecule has 0 amide bonds. The lowest BCUT2D eigenvalue weighted by Gasteiger charge is -2.27. The molecular formula is C20H42IN5O. The third-order valence-electron chi connectivity index (χ3n) is 5.95. The highest BCUT2D eigenvalue weighted by atomic mass is 127. The predicted molar refractivity (Wildman–Crippen MR) is 125 cm³/mol. The second kappa shape index (κ2) is 14.0. The predicted octanol–water partition coefficient (Wildman–Crippen LogP) is 2.39. The highest BCUT2D eigenvalue weighted by molar-refractivity contribution is 14.0. The zero-order chi connectivity index (χ0) is 18.7. The maximum absolute atomic E-state index is 5.34. The van der Waals surface area contributed by atoms with Gasteiger partial charge >= 0.3 is 0 Å². The molecule has 7 heteroatoms. The van der Waals surface area contributed by atoms with E-state index in [0.717, 1.165) is 45.2 Å². The van der Waals surface area contributed by atoms with Gasteiger partial charge in [0.2, 0.25) is 0 Å². The second-order valence-corrected chi connectivity index (χ2v) is 8.07. The van der Waals surface area contributed by atoms with Crippen molar-refractivity contribution in [2.75, 3.05) is 73.1 Å². The first-order valence-corrected chi connectivity index (χ1v) is 10.6. The van der Waals surface area contributed by atoms with Crippen LogP contribution in [0.2, 0.25) is 0 Å². The number of ether oxygens (including phenoxy) is 1. The van der Waals surface area contributed by atoms with Gasteiger partial charge in [0.05, 0.1) is 0 Å². The van der Waals surface area contributed by atoms with E-state index in [4.69, 9.17) is 9.73 Å². The molecule has 2 rings (SSSR count). The smallest absolute Gasteiger partial charge is 0.191 e. The zero-order valence-electron chi connectivity index (χ0n) is 17.8. The summed E-state index contributed by atoms with van der Waals surface area (Å²) < 4.78 is 5.34. The van der Waals surface area contributed by atoms with Crippen molar-refractivity contribution >= 4 is 29.9 Å². The van der Waals surface area contributed by atoms with Crippen molar-refractivity contribution in [2.24, 2.45) is 10.4 Å². The van der Waals surface area contributed by atoms with Crippen molar-refractivity contribution in [1.29, 1.82) is 0 Å². The number of halogens is 1. The molecule has 0 radical (unpaired) electrons. The molecule has 1 saturated heterocycles. The third kappa shape index (κ3) is 9.28. The van der Waals surface area contributed by atoms with E-state index in [2.05, 4.69) is 34.4 Å². The third-order valence-corrected chi connectivity index (χ3v) is 5.95. The van der Waals surface area contributed by atoms with Gasteiger partial charge in [0.15, 0.2) is 5.96 Å². The molecular weight excluding hydrogens is 453 g/mol. The Hall–Kier alpha value is -0.120. The summed E-state index contributed by atoms with van der Waals surface area (Å²) in [6, 6.07) is 0. The topological polar surface area (TPSA) is 52.1 Å². The Labute approximate surface area is 183 Å². The fourth-order valence-electron chi connectivity index (χ4n) is 4.18. The number of methoxy groups -OCH3 is 1. The van der Waals surface area contributed by atoms with Crippen LogP contribution in [-0.2, 0) is 4.74 Å². The van der Waals surface area contributed by atoms with Gasteiger partial charge in [0.25, 0.3) is 0 Å². The van der Waals surface area contributed by atoms with E-state index in [-0.39, 0.29) is 24.0 Å². The highest BCUT2D eigenvalue weighted by Crippen LogP contribution is 2.41. The molecule has 2 aliphatic rings. The van der Waals surface area contributed by atoms with Crippen molar-refractivity contribution in [3.63, 3.8) is 0 Å². The van der Waals surface area contributed by atoms with E-state index < -0.39 is 0 Å². The fraction of sp³-hybridized carbons (Fsp3) is 0.950. The van der Waals surface area contributed by atoms with E-state index in [1.165, 1.54) is 58.3 Å². The van der Waals surface area contributed by atoms with Crippen molar-refractivity contribution < 1.29 is 4.74 Å². The van der Waals surface area contributed by atoms with Gasteiger partial charge in [-0.25, -0.2) is 0 Å². The minimum Gasteiger partial charge on any atom is -0.385 e. The molecule has 1 aliphatic carbocycles. The Morgan fingerprint density at radius 2 is 1.85 bits per heavy atom. The molecule has 0 aromatic heterocycles. The maximum atomic E-state index is 5.34. The minimum atomic E-state index is 0. The van der Waals surface area contributed by atoms with Crippen LogP contribution in [0.5, 0.6) is 0 Å². The van der Waals surface area contributed by atoms with Gasteiger partial charge in [-0.15, -0.1) is 24.0 Å². The summed E-state index contributed by atoms with van der Waals surface area (Å²) in [5.41, 5.74) is 0.355. The van der Waals surface area contributed by atoms with Crippen LogP contribution in [0.4, 0.5) is 0 Å². The molecule has 160 valence electrons. The lowest BCUT2D eigenvalue weighted by atomic mass is 9.83. The maximum Gasteiger partial charge on any atom is 0.191 e. The molecule has 27 heavy (non-hydrogen) atoms. The monoisotopic (exact) mass is 495 g/mol. The SMILES string of the molecule is CCNC(=NCC1(CCOC)CCCC1)NCCN1CCCN(C)CC1.I. The van der Waals surface area contributed by atoms with E-state index >= 15 is 0 Å². The number of hydrogen-bond donors (Lipinski definition) is 2. The van der Waals surface area contributed by atoms with Gasteiger partial charge in [0.1, 0.15) is 0 Å². The van der Waals surface area contributed by atoms with Crippen LogP contribution in [0.3, 0.4) is 0 Å². The number of nitrogens with zero attached hydrogens (tertiary/aromatic N) is 3. The van der Waals surface area contributed by atoms with E-state index in [0.29, 0.717) is 5.41 Å². The molecule has 0 aromatic rings. The fourth-order valence-corrected chi connectivity index (χ4v) is 4.18. The summed E-state index contributed by atoms with van der Waals surface area (Å²) in [6.45, 7) is 11.6. The zero-order valence-corrected chi connectivity index (χ0v) is 20.1. The Morgan fingerprint density at radius 3 is 2.56 bits per heavy atom. The van der Waals surface area contributed by atoms with Gasteiger partial charge in [-0.05, 0) is 58.2 Å². The van der Waals surface area contributed by atoms with Crippen molar-refractivity contribution in [3.05, 3.63) is 0 Å². The Kier molecular flexibility index (Phi) is 12.9. The molecule has 1 saturated carbocycles. The summed E-state index contributed by atoms with van der Waals surface area (Å²) in [7, 11) is 4.03. The van der Waals surface area contributed by atoms with Crippen molar-refractivity contribution in [3.8, 4) is 0 Å². The summed E-state index contributed by atoms with van der Waals surface area (Å²) in [4.78, 5) is 9.94.